The molecule has 0 atom stereocenters. The van der Waals surface area contributed by atoms with Gasteiger partial charge in [0.15, 0.2) is 5.78 Å². The summed E-state index contributed by atoms with van der Waals surface area (Å²) in [5.74, 6) is 0.547. The summed E-state index contributed by atoms with van der Waals surface area (Å²) in [5.41, 5.74) is 8.30. The molecule has 4 aromatic carbocycles. The molecule has 0 bridgehead atoms. The number of fused-ring (bicyclic) bond motifs is 10. The third kappa shape index (κ3) is 6.08. The number of hydrogen-bond acceptors (Lipinski definition) is 3. The first-order valence-corrected chi connectivity index (χ1v) is 16.7. The number of hydrogen-bond donors (Lipinski definition) is 1. The number of aliphatic hydroxyl groups is 1. The Kier molecular flexibility index (Phi) is 10.5. The Bertz CT molecular complexity index is 2270. The van der Waals surface area contributed by atoms with Gasteiger partial charge in [0.25, 0.3) is 0 Å². The maximum atomic E-state index is 11.7. The number of nitrogens with zero attached hydrogens (tertiary/aromatic N) is 2. The second kappa shape index (κ2) is 14.4. The van der Waals surface area contributed by atoms with Crippen molar-refractivity contribution in [2.75, 3.05) is 0 Å². The number of ketones is 1. The Morgan fingerprint density at radius 1 is 0.809 bits per heavy atom. The van der Waals surface area contributed by atoms with Gasteiger partial charge in [-0.05, 0) is 73.7 Å². The molecule has 0 amide bonds. The van der Waals surface area contributed by atoms with Crippen LogP contribution in [0.1, 0.15) is 64.5 Å². The largest absolute Gasteiger partial charge is 0.512 e. The summed E-state index contributed by atoms with van der Waals surface area (Å²) < 4.78 is 2.43. The van der Waals surface area contributed by atoms with Gasteiger partial charge < -0.3 is 9.51 Å². The summed E-state index contributed by atoms with van der Waals surface area (Å²) in [4.78, 5) is 16.9. The van der Waals surface area contributed by atoms with Crippen molar-refractivity contribution in [1.82, 2.24) is 9.38 Å². The van der Waals surface area contributed by atoms with Crippen molar-refractivity contribution in [2.45, 2.75) is 67.2 Å². The van der Waals surface area contributed by atoms with E-state index < -0.39 is 0 Å². The minimum absolute atomic E-state index is 0. The molecule has 0 aliphatic carbocycles. The third-order valence-corrected chi connectivity index (χ3v) is 9.85. The second-order valence-electron chi connectivity index (χ2n) is 12.4. The van der Waals surface area contributed by atoms with Gasteiger partial charge in [-0.2, -0.15) is 0 Å². The van der Waals surface area contributed by atoms with E-state index in [0.29, 0.717) is 0 Å². The van der Waals surface area contributed by atoms with E-state index in [0.717, 1.165) is 53.0 Å². The molecule has 3 heterocycles. The van der Waals surface area contributed by atoms with Gasteiger partial charge in [0, 0.05) is 65.3 Å². The zero-order chi connectivity index (χ0) is 32.5. The predicted molar refractivity (Wildman–Crippen MR) is 195 cm³/mol. The van der Waals surface area contributed by atoms with Crippen LogP contribution in [0.5, 0.6) is 0 Å². The van der Waals surface area contributed by atoms with Crippen LogP contribution in [0.4, 0.5) is 0 Å². The van der Waals surface area contributed by atoms with E-state index in [1.165, 1.54) is 49.8 Å². The maximum Gasteiger partial charge on any atom is 0.162 e. The van der Waals surface area contributed by atoms with Gasteiger partial charge in [-0.15, -0.1) is 17.5 Å². The minimum Gasteiger partial charge on any atom is -0.512 e. The van der Waals surface area contributed by atoms with Gasteiger partial charge >= 0.3 is 0 Å². The van der Waals surface area contributed by atoms with Crippen LogP contribution in [0.2, 0.25) is 0 Å². The molecular weight excluding hydrogens is 757 g/mol. The molecule has 243 valence electrons. The van der Waals surface area contributed by atoms with Crippen molar-refractivity contribution in [3.8, 4) is 0 Å². The van der Waals surface area contributed by atoms with Gasteiger partial charge in [-0.25, -0.2) is 0 Å². The van der Waals surface area contributed by atoms with Gasteiger partial charge in [0.05, 0.1) is 11.3 Å². The van der Waals surface area contributed by atoms with E-state index in [-0.39, 0.29) is 43.5 Å². The molecule has 47 heavy (non-hydrogen) atoms. The molecule has 0 unspecified atom stereocenters. The number of pyridine rings is 2. The van der Waals surface area contributed by atoms with E-state index in [1.807, 2.05) is 27.7 Å². The fourth-order valence-electron chi connectivity index (χ4n) is 7.09. The summed E-state index contributed by atoms with van der Waals surface area (Å²) >= 11 is 0. The third-order valence-electron chi connectivity index (χ3n) is 9.85. The van der Waals surface area contributed by atoms with Crippen LogP contribution >= 0.6 is 0 Å². The van der Waals surface area contributed by atoms with Crippen LogP contribution in [0.3, 0.4) is 0 Å². The molecule has 0 aliphatic rings. The molecule has 1 radical (unpaired) electrons. The Morgan fingerprint density at radius 2 is 1.43 bits per heavy atom. The van der Waals surface area contributed by atoms with Crippen molar-refractivity contribution in [3.05, 3.63) is 108 Å². The monoisotopic (exact) mass is 800 g/mol. The molecule has 1 N–H and O–H groups in total. The Hall–Kier alpha value is -4.05. The van der Waals surface area contributed by atoms with Crippen LogP contribution in [0.15, 0.2) is 90.7 Å². The first kappa shape index (κ1) is 34.3. The molecule has 0 fully saturated rings. The van der Waals surface area contributed by atoms with Crippen molar-refractivity contribution in [1.29, 1.82) is 0 Å². The summed E-state index contributed by atoms with van der Waals surface area (Å²) in [6.45, 7) is 12.5. The van der Waals surface area contributed by atoms with E-state index in [2.05, 4.69) is 103 Å². The molecule has 7 rings (SSSR count). The molecule has 7 aromatic rings. The predicted octanol–water partition coefficient (Wildman–Crippen LogP) is 11.4. The molecule has 0 spiro atoms. The average Bonchev–Trinajstić information content (AvgIpc) is 3.37. The average molecular weight is 800 g/mol. The van der Waals surface area contributed by atoms with E-state index in [4.69, 9.17) is 4.98 Å². The fraction of sp³-hybridized carbons (Fsp3) is 0.286. The Morgan fingerprint density at radius 3 is 2.13 bits per heavy atom. The van der Waals surface area contributed by atoms with Crippen LogP contribution in [0.25, 0.3) is 59.9 Å². The van der Waals surface area contributed by atoms with Crippen LogP contribution in [-0.4, -0.2) is 20.3 Å². The Balaban J connectivity index is 0.000000234. The van der Waals surface area contributed by atoms with Gasteiger partial charge in [0.2, 0.25) is 0 Å². The maximum absolute atomic E-state index is 11.7. The molecule has 4 nitrogen and oxygen atoms in total. The number of aryl methyl sites for hydroxylation is 2. The van der Waals surface area contributed by atoms with E-state index >= 15 is 0 Å². The molecule has 5 heteroatoms. The zero-order valence-corrected chi connectivity index (χ0v) is 30.5. The summed E-state index contributed by atoms with van der Waals surface area (Å²) in [5, 5.41) is 16.9. The Labute approximate surface area is 290 Å². The first-order chi connectivity index (χ1) is 22.3. The van der Waals surface area contributed by atoms with Crippen LogP contribution < -0.4 is 0 Å². The number of benzene rings is 4. The number of carbonyl (C=O) groups is 1. The standard InChI is InChI=1S/C29H19N2.C13H24O2.Ir/c1-17-21-11-5-7-13-24(21)30-28-23-15-19-9-3-4-10-20(19)16-26(23)31-25-14-8-6-12-22(25)18(2)29(31)27(17)28;1-5-10(6-2)12(14)9-13(15)11(7-3)8-4;/h3-14,16H,1-2H3;9-11,14H,5-8H2,1-4H3;/q-1;;/b;12-9-;. The van der Waals surface area contributed by atoms with Crippen molar-refractivity contribution in [2.24, 2.45) is 11.8 Å². The number of aliphatic hydroxyl groups excluding tert-OH is 1. The number of allylic oxidation sites excluding steroid dienone is 2. The molecular formula is C42H43IrN2O2-. The smallest absolute Gasteiger partial charge is 0.162 e. The second-order valence-corrected chi connectivity index (χ2v) is 12.4. The van der Waals surface area contributed by atoms with Crippen molar-refractivity contribution in [3.63, 3.8) is 0 Å². The van der Waals surface area contributed by atoms with E-state index in [1.54, 1.807) is 0 Å². The number of para-hydroxylation sites is 2. The van der Waals surface area contributed by atoms with Crippen molar-refractivity contribution >= 4 is 65.7 Å². The molecule has 0 saturated heterocycles. The van der Waals surface area contributed by atoms with Crippen molar-refractivity contribution < 1.29 is 30.0 Å². The summed E-state index contributed by atoms with van der Waals surface area (Å²) in [6.07, 6.45) is 4.91. The minimum atomic E-state index is 0. The van der Waals surface area contributed by atoms with Crippen LogP contribution in [-0.2, 0) is 24.9 Å². The van der Waals surface area contributed by atoms with Gasteiger partial charge in [-0.1, -0.05) is 99.1 Å². The van der Waals surface area contributed by atoms with Gasteiger partial charge in [-0.3, -0.25) is 9.78 Å². The quantitative estimate of drug-likeness (QED) is 0.0574. The SMILES string of the molecule is CCC(CC)C(=O)/C=C(\O)C(CC)CC.Cc1c2ccccc2nc2c3[c-]c4ccccc4cc3n3c4ccccc4c(C)c3c12.[Ir]. The zero-order valence-electron chi connectivity index (χ0n) is 28.1. The molecule has 0 aliphatic heterocycles. The molecule has 0 saturated carbocycles. The number of carbonyl (C=O) groups excluding carboxylic acids is 1. The van der Waals surface area contributed by atoms with Crippen LogP contribution in [0, 0.1) is 31.7 Å². The fourth-order valence-corrected chi connectivity index (χ4v) is 7.09. The topological polar surface area (TPSA) is 54.6 Å². The van der Waals surface area contributed by atoms with Gasteiger partial charge in [0.1, 0.15) is 0 Å². The van der Waals surface area contributed by atoms with E-state index in [9.17, 15) is 9.90 Å². The number of rotatable bonds is 7. The summed E-state index contributed by atoms with van der Waals surface area (Å²) in [6, 6.07) is 31.7. The normalized spacial score (nSPS) is 12.0. The first-order valence-electron chi connectivity index (χ1n) is 16.7. The number of aromatic nitrogens is 2. The summed E-state index contributed by atoms with van der Waals surface area (Å²) in [7, 11) is 0. The molecule has 3 aromatic heterocycles.